The average Bonchev–Trinajstić information content (AvgIpc) is 2.52. The summed E-state index contributed by atoms with van der Waals surface area (Å²) in [5.41, 5.74) is 2.54. The van der Waals surface area contributed by atoms with Crippen LogP contribution >= 0.6 is 0 Å². The number of nitrogens with zero attached hydrogens (tertiary/aromatic N) is 2. The molecule has 0 atom stereocenters. The summed E-state index contributed by atoms with van der Waals surface area (Å²) in [6.07, 6.45) is 1.73. The summed E-state index contributed by atoms with van der Waals surface area (Å²) < 4.78 is 0. The Labute approximate surface area is 124 Å². The number of amides is 1. The molecule has 0 aliphatic heterocycles. The van der Waals surface area contributed by atoms with Crippen molar-refractivity contribution in [3.8, 4) is 0 Å². The van der Waals surface area contributed by atoms with E-state index in [0.29, 0.717) is 24.6 Å². The molecule has 0 unspecified atom stereocenters. The van der Waals surface area contributed by atoms with Crippen molar-refractivity contribution in [2.24, 2.45) is 0 Å². The van der Waals surface area contributed by atoms with Crippen LogP contribution in [0.4, 0.5) is 5.82 Å². The third kappa shape index (κ3) is 4.42. The number of aryl methyl sites for hydroxylation is 1. The summed E-state index contributed by atoms with van der Waals surface area (Å²) in [6, 6.07) is 11.4. The quantitative estimate of drug-likeness (QED) is 0.798. The summed E-state index contributed by atoms with van der Waals surface area (Å²) >= 11 is 0. The molecule has 0 spiro atoms. The topological polar surface area (TPSA) is 66.9 Å². The van der Waals surface area contributed by atoms with Gasteiger partial charge >= 0.3 is 0 Å². The minimum absolute atomic E-state index is 0.238. The van der Waals surface area contributed by atoms with Gasteiger partial charge in [0.1, 0.15) is 5.82 Å². The maximum absolute atomic E-state index is 12.0. The van der Waals surface area contributed by atoms with Crippen LogP contribution in [0.1, 0.15) is 21.6 Å². The van der Waals surface area contributed by atoms with Crippen molar-refractivity contribution >= 4 is 11.7 Å². The van der Waals surface area contributed by atoms with Gasteiger partial charge in [-0.15, -0.1) is 16.8 Å². The van der Waals surface area contributed by atoms with E-state index >= 15 is 0 Å². The standard InChI is InChI=1S/C16H18N4O/c1-3-10-17-15-9-8-14(19-20-15)16(21)18-11-13-6-4-12(2)5-7-13/h3-9H,1,10-11H2,2H3,(H,17,20)(H,18,21). The lowest BCUT2D eigenvalue weighted by Gasteiger charge is -2.06. The molecule has 1 aromatic carbocycles. The molecule has 1 amide bonds. The van der Waals surface area contributed by atoms with Crippen molar-refractivity contribution in [3.05, 3.63) is 65.9 Å². The second-order valence-electron chi connectivity index (χ2n) is 4.64. The first kappa shape index (κ1) is 14.7. The second kappa shape index (κ2) is 7.19. The molecule has 0 bridgehead atoms. The van der Waals surface area contributed by atoms with E-state index in [-0.39, 0.29) is 5.91 Å². The molecule has 5 nitrogen and oxygen atoms in total. The van der Waals surface area contributed by atoms with Crippen LogP contribution in [0.2, 0.25) is 0 Å². The molecule has 0 aliphatic carbocycles. The fourth-order valence-electron chi connectivity index (χ4n) is 1.70. The molecular weight excluding hydrogens is 264 g/mol. The van der Waals surface area contributed by atoms with Gasteiger partial charge in [-0.25, -0.2) is 0 Å². The van der Waals surface area contributed by atoms with Crippen LogP contribution in [0.25, 0.3) is 0 Å². The van der Waals surface area contributed by atoms with Crippen molar-refractivity contribution in [2.75, 3.05) is 11.9 Å². The fraction of sp³-hybridized carbons (Fsp3) is 0.188. The van der Waals surface area contributed by atoms with Gasteiger partial charge in [0.25, 0.3) is 5.91 Å². The van der Waals surface area contributed by atoms with Crippen LogP contribution in [0.5, 0.6) is 0 Å². The molecule has 21 heavy (non-hydrogen) atoms. The van der Waals surface area contributed by atoms with Gasteiger partial charge in [0, 0.05) is 13.1 Å². The number of rotatable bonds is 6. The minimum Gasteiger partial charge on any atom is -0.365 e. The van der Waals surface area contributed by atoms with Crippen molar-refractivity contribution in [2.45, 2.75) is 13.5 Å². The third-order valence-electron chi connectivity index (χ3n) is 2.90. The van der Waals surface area contributed by atoms with Gasteiger partial charge < -0.3 is 10.6 Å². The van der Waals surface area contributed by atoms with Gasteiger partial charge in [-0.3, -0.25) is 4.79 Å². The molecule has 0 radical (unpaired) electrons. The Morgan fingerprint density at radius 2 is 1.95 bits per heavy atom. The number of aromatic nitrogens is 2. The van der Waals surface area contributed by atoms with E-state index in [0.717, 1.165) is 5.56 Å². The highest BCUT2D eigenvalue weighted by atomic mass is 16.1. The van der Waals surface area contributed by atoms with E-state index in [4.69, 9.17) is 0 Å². The number of carbonyl (C=O) groups excluding carboxylic acids is 1. The van der Waals surface area contributed by atoms with Gasteiger partial charge in [-0.05, 0) is 24.6 Å². The lowest BCUT2D eigenvalue weighted by molar-refractivity contribution is 0.0945. The smallest absolute Gasteiger partial charge is 0.272 e. The molecule has 2 aromatic rings. The Morgan fingerprint density at radius 1 is 1.19 bits per heavy atom. The molecule has 5 heteroatoms. The SMILES string of the molecule is C=CCNc1ccc(C(=O)NCc2ccc(C)cc2)nn1. The van der Waals surface area contributed by atoms with Crippen LogP contribution in [0, 0.1) is 6.92 Å². The highest BCUT2D eigenvalue weighted by Crippen LogP contribution is 2.04. The Kier molecular flexibility index (Phi) is 5.04. The fourth-order valence-corrected chi connectivity index (χ4v) is 1.70. The van der Waals surface area contributed by atoms with Gasteiger partial charge in [0.05, 0.1) is 0 Å². The summed E-state index contributed by atoms with van der Waals surface area (Å²) in [5, 5.41) is 13.7. The number of carbonyl (C=O) groups is 1. The van der Waals surface area contributed by atoms with Crippen LogP contribution < -0.4 is 10.6 Å². The zero-order valence-electron chi connectivity index (χ0n) is 12.0. The lowest BCUT2D eigenvalue weighted by atomic mass is 10.1. The summed E-state index contributed by atoms with van der Waals surface area (Å²) in [6.45, 7) is 6.71. The van der Waals surface area contributed by atoms with Crippen molar-refractivity contribution in [1.82, 2.24) is 15.5 Å². The highest BCUT2D eigenvalue weighted by molar-refractivity contribution is 5.92. The van der Waals surface area contributed by atoms with Crippen molar-refractivity contribution in [1.29, 1.82) is 0 Å². The normalized spacial score (nSPS) is 9.95. The van der Waals surface area contributed by atoms with E-state index in [9.17, 15) is 4.79 Å². The predicted octanol–water partition coefficient (Wildman–Crippen LogP) is 2.31. The molecule has 0 saturated carbocycles. The largest absolute Gasteiger partial charge is 0.365 e. The number of hydrogen-bond donors (Lipinski definition) is 2. The highest BCUT2D eigenvalue weighted by Gasteiger charge is 2.07. The molecule has 2 N–H and O–H groups in total. The summed E-state index contributed by atoms with van der Waals surface area (Å²) in [4.78, 5) is 12.0. The Hall–Kier alpha value is -2.69. The number of hydrogen-bond acceptors (Lipinski definition) is 4. The lowest BCUT2D eigenvalue weighted by Crippen LogP contribution is -2.24. The molecule has 0 aliphatic rings. The molecule has 2 rings (SSSR count). The Balaban J connectivity index is 1.90. The Morgan fingerprint density at radius 3 is 2.57 bits per heavy atom. The van der Waals surface area contributed by atoms with Gasteiger partial charge in [0.15, 0.2) is 5.69 Å². The molecule has 0 saturated heterocycles. The zero-order chi connectivity index (χ0) is 15.1. The minimum atomic E-state index is -0.238. The predicted molar refractivity (Wildman–Crippen MR) is 83.1 cm³/mol. The van der Waals surface area contributed by atoms with Gasteiger partial charge in [0.2, 0.25) is 0 Å². The van der Waals surface area contributed by atoms with Crippen LogP contribution in [0.3, 0.4) is 0 Å². The van der Waals surface area contributed by atoms with E-state index < -0.39 is 0 Å². The Bertz CT molecular complexity index is 605. The van der Waals surface area contributed by atoms with E-state index in [1.165, 1.54) is 5.56 Å². The number of benzene rings is 1. The van der Waals surface area contributed by atoms with Gasteiger partial charge in [-0.2, -0.15) is 0 Å². The molecule has 108 valence electrons. The van der Waals surface area contributed by atoms with Crippen LogP contribution in [-0.2, 0) is 6.54 Å². The maximum atomic E-state index is 12.0. The summed E-state index contributed by atoms with van der Waals surface area (Å²) in [7, 11) is 0. The zero-order valence-corrected chi connectivity index (χ0v) is 12.0. The number of nitrogens with one attached hydrogen (secondary N) is 2. The first-order valence-electron chi connectivity index (χ1n) is 6.71. The van der Waals surface area contributed by atoms with E-state index in [1.54, 1.807) is 18.2 Å². The number of anilines is 1. The average molecular weight is 282 g/mol. The van der Waals surface area contributed by atoms with Crippen LogP contribution in [0.15, 0.2) is 49.1 Å². The van der Waals surface area contributed by atoms with Crippen molar-refractivity contribution < 1.29 is 4.79 Å². The van der Waals surface area contributed by atoms with Gasteiger partial charge in [-0.1, -0.05) is 35.9 Å². The first-order chi connectivity index (χ1) is 10.2. The molecular formula is C16H18N4O. The first-order valence-corrected chi connectivity index (χ1v) is 6.71. The molecule has 1 heterocycles. The van der Waals surface area contributed by atoms with E-state index in [2.05, 4.69) is 27.4 Å². The maximum Gasteiger partial charge on any atom is 0.272 e. The summed E-state index contributed by atoms with van der Waals surface area (Å²) in [5.74, 6) is 0.378. The van der Waals surface area contributed by atoms with Crippen molar-refractivity contribution in [3.63, 3.8) is 0 Å². The third-order valence-corrected chi connectivity index (χ3v) is 2.90. The monoisotopic (exact) mass is 282 g/mol. The second-order valence-corrected chi connectivity index (χ2v) is 4.64. The van der Waals surface area contributed by atoms with E-state index in [1.807, 2.05) is 31.2 Å². The molecule has 0 fully saturated rings. The van der Waals surface area contributed by atoms with Crippen LogP contribution in [-0.4, -0.2) is 22.6 Å². The molecule has 1 aromatic heterocycles.